The fraction of sp³-hybridized carbons (Fsp3) is 0.385. The van der Waals surface area contributed by atoms with Crippen LogP contribution in [-0.2, 0) is 22.4 Å². The maximum atomic E-state index is 11.4. The van der Waals surface area contributed by atoms with Crippen LogP contribution in [0.4, 0.5) is 0 Å². The first-order valence-electron chi connectivity index (χ1n) is 5.49. The lowest BCUT2D eigenvalue weighted by molar-refractivity contribution is -0.142. The second-order valence-corrected chi connectivity index (χ2v) is 4.36. The molecule has 17 heavy (non-hydrogen) atoms. The average molecular weight is 296 g/mol. The number of hydrogen-bond donors (Lipinski definition) is 0. The minimum Gasteiger partial charge on any atom is -0.466 e. The molecule has 0 aliphatic rings. The van der Waals surface area contributed by atoms with Gasteiger partial charge in [-0.25, -0.2) is 0 Å². The van der Waals surface area contributed by atoms with Gasteiger partial charge in [-0.2, -0.15) is 5.26 Å². The summed E-state index contributed by atoms with van der Waals surface area (Å²) < 4.78 is 5.59. The lowest BCUT2D eigenvalue weighted by Crippen LogP contribution is -2.08. The third-order valence-electron chi connectivity index (χ3n) is 2.38. The number of hydrogen-bond acceptors (Lipinski definition) is 3. The zero-order valence-corrected chi connectivity index (χ0v) is 11.5. The van der Waals surface area contributed by atoms with Crippen LogP contribution in [-0.4, -0.2) is 12.6 Å². The number of aryl methyl sites for hydroxylation is 1. The van der Waals surface area contributed by atoms with Crippen LogP contribution in [0.3, 0.4) is 0 Å². The highest BCUT2D eigenvalue weighted by Crippen LogP contribution is 2.24. The van der Waals surface area contributed by atoms with Crippen LogP contribution in [0, 0.1) is 11.3 Å². The second-order valence-electron chi connectivity index (χ2n) is 3.56. The number of esters is 1. The van der Waals surface area contributed by atoms with Crippen LogP contribution in [0.5, 0.6) is 0 Å². The summed E-state index contributed by atoms with van der Waals surface area (Å²) in [6.07, 6.45) is 1.02. The van der Waals surface area contributed by atoms with Crippen molar-refractivity contribution in [2.75, 3.05) is 6.61 Å². The molecule has 0 bridgehead atoms. The van der Waals surface area contributed by atoms with E-state index in [9.17, 15) is 4.79 Å². The van der Waals surface area contributed by atoms with Crippen molar-refractivity contribution in [3.63, 3.8) is 0 Å². The zero-order chi connectivity index (χ0) is 12.8. The smallest absolute Gasteiger partial charge is 0.310 e. The van der Waals surface area contributed by atoms with Crippen molar-refractivity contribution in [1.29, 1.82) is 5.26 Å². The van der Waals surface area contributed by atoms with E-state index in [2.05, 4.69) is 22.0 Å². The molecule has 0 N–H and O–H groups in total. The summed E-state index contributed by atoms with van der Waals surface area (Å²) in [5, 5.41) is 9.00. The molecule has 0 aliphatic carbocycles. The third-order valence-corrected chi connectivity index (χ3v) is 3.31. The van der Waals surface area contributed by atoms with E-state index in [0.29, 0.717) is 16.6 Å². The molecule has 0 unspecified atom stereocenters. The Labute approximate surface area is 110 Å². The van der Waals surface area contributed by atoms with E-state index in [1.165, 1.54) is 0 Å². The lowest BCUT2D eigenvalue weighted by atomic mass is 10.0. The fourth-order valence-electron chi connectivity index (χ4n) is 1.53. The molecule has 0 spiro atoms. The highest BCUT2D eigenvalue weighted by Gasteiger charge is 2.12. The van der Waals surface area contributed by atoms with Crippen molar-refractivity contribution in [2.45, 2.75) is 26.7 Å². The molecular weight excluding hydrogens is 282 g/mol. The van der Waals surface area contributed by atoms with Crippen LogP contribution in [0.15, 0.2) is 16.6 Å². The Morgan fingerprint density at radius 3 is 2.71 bits per heavy atom. The Morgan fingerprint density at radius 1 is 1.47 bits per heavy atom. The Hall–Kier alpha value is -1.34. The number of nitriles is 1. The summed E-state index contributed by atoms with van der Waals surface area (Å²) >= 11 is 3.35. The van der Waals surface area contributed by atoms with E-state index in [4.69, 9.17) is 10.00 Å². The summed E-state index contributed by atoms with van der Waals surface area (Å²) in [6, 6.07) is 5.88. The molecule has 1 rings (SSSR count). The first kappa shape index (κ1) is 13.7. The number of benzene rings is 1. The minimum absolute atomic E-state index is 0.191. The molecule has 0 saturated carbocycles. The molecule has 0 radical (unpaired) electrons. The maximum Gasteiger partial charge on any atom is 0.310 e. The van der Waals surface area contributed by atoms with Crippen LogP contribution < -0.4 is 0 Å². The molecule has 90 valence electrons. The molecule has 0 fully saturated rings. The minimum atomic E-state index is -0.273. The fourth-order valence-corrected chi connectivity index (χ4v) is 1.99. The SMILES string of the molecule is CCOC(=O)Cc1cc(CC)cc(C#N)c1Br. The van der Waals surface area contributed by atoms with Crippen molar-refractivity contribution in [1.82, 2.24) is 0 Å². The van der Waals surface area contributed by atoms with Crippen molar-refractivity contribution in [3.8, 4) is 6.07 Å². The van der Waals surface area contributed by atoms with E-state index < -0.39 is 0 Å². The van der Waals surface area contributed by atoms with Gasteiger partial charge in [0.25, 0.3) is 0 Å². The first-order valence-corrected chi connectivity index (χ1v) is 6.28. The molecule has 0 saturated heterocycles. The average Bonchev–Trinajstić information content (AvgIpc) is 2.32. The standard InChI is InChI=1S/C13H14BrNO2/c1-3-9-5-10(7-12(16)17-4-2)13(14)11(6-9)8-15/h5-6H,3-4,7H2,1-2H3. The summed E-state index contributed by atoms with van der Waals surface area (Å²) in [6.45, 7) is 4.16. The zero-order valence-electron chi connectivity index (χ0n) is 9.92. The predicted molar refractivity (Wildman–Crippen MR) is 68.6 cm³/mol. The Kier molecular flexibility index (Phi) is 5.17. The number of carbonyl (C=O) groups is 1. The number of nitrogens with zero attached hydrogens (tertiary/aromatic N) is 1. The van der Waals surface area contributed by atoms with Gasteiger partial charge in [-0.1, -0.05) is 13.0 Å². The van der Waals surface area contributed by atoms with Gasteiger partial charge in [0.05, 0.1) is 18.6 Å². The predicted octanol–water partition coefficient (Wildman–Crippen LogP) is 2.99. The van der Waals surface area contributed by atoms with Crippen molar-refractivity contribution in [2.24, 2.45) is 0 Å². The molecule has 0 aromatic heterocycles. The lowest BCUT2D eigenvalue weighted by Gasteiger charge is -2.08. The van der Waals surface area contributed by atoms with Gasteiger partial charge >= 0.3 is 5.97 Å². The van der Waals surface area contributed by atoms with Gasteiger partial charge in [0.2, 0.25) is 0 Å². The first-order chi connectivity index (χ1) is 8.12. The molecule has 4 heteroatoms. The second kappa shape index (κ2) is 6.41. The maximum absolute atomic E-state index is 11.4. The summed E-state index contributed by atoms with van der Waals surface area (Å²) in [5.74, 6) is -0.273. The topological polar surface area (TPSA) is 50.1 Å². The van der Waals surface area contributed by atoms with Crippen molar-refractivity contribution >= 4 is 21.9 Å². The Morgan fingerprint density at radius 2 is 2.18 bits per heavy atom. The third kappa shape index (κ3) is 3.57. The van der Waals surface area contributed by atoms with E-state index in [-0.39, 0.29) is 12.4 Å². The number of halogens is 1. The number of carbonyl (C=O) groups excluding carboxylic acids is 1. The van der Waals surface area contributed by atoms with Crippen molar-refractivity contribution in [3.05, 3.63) is 33.3 Å². The molecule has 0 heterocycles. The molecular formula is C13H14BrNO2. The molecule has 0 amide bonds. The van der Waals surface area contributed by atoms with Crippen LogP contribution in [0.1, 0.15) is 30.5 Å². The van der Waals surface area contributed by atoms with E-state index in [1.807, 2.05) is 19.1 Å². The van der Waals surface area contributed by atoms with E-state index in [0.717, 1.165) is 17.5 Å². The van der Waals surface area contributed by atoms with Gasteiger partial charge < -0.3 is 4.74 Å². The molecule has 3 nitrogen and oxygen atoms in total. The normalized spacial score (nSPS) is 9.76. The molecule has 0 atom stereocenters. The van der Waals surface area contributed by atoms with Crippen molar-refractivity contribution < 1.29 is 9.53 Å². The highest BCUT2D eigenvalue weighted by atomic mass is 79.9. The van der Waals surface area contributed by atoms with Gasteiger partial charge in [-0.05, 0) is 46.5 Å². The van der Waals surface area contributed by atoms with Gasteiger partial charge in [-0.15, -0.1) is 0 Å². The highest BCUT2D eigenvalue weighted by molar-refractivity contribution is 9.10. The molecule has 1 aromatic rings. The van der Waals surface area contributed by atoms with Gasteiger partial charge in [0, 0.05) is 4.47 Å². The number of ether oxygens (including phenoxy) is 1. The van der Waals surface area contributed by atoms with Crippen LogP contribution in [0.2, 0.25) is 0 Å². The quantitative estimate of drug-likeness (QED) is 0.803. The van der Waals surface area contributed by atoms with Gasteiger partial charge in [0.1, 0.15) is 6.07 Å². The van der Waals surface area contributed by atoms with E-state index in [1.54, 1.807) is 6.92 Å². The molecule has 1 aromatic carbocycles. The Balaban J connectivity index is 3.06. The van der Waals surface area contributed by atoms with Crippen LogP contribution in [0.25, 0.3) is 0 Å². The molecule has 0 aliphatic heterocycles. The van der Waals surface area contributed by atoms with Gasteiger partial charge in [-0.3, -0.25) is 4.79 Å². The Bertz CT molecular complexity index is 463. The summed E-state index contributed by atoms with van der Waals surface area (Å²) in [5.41, 5.74) is 2.41. The monoisotopic (exact) mass is 295 g/mol. The van der Waals surface area contributed by atoms with E-state index >= 15 is 0 Å². The largest absolute Gasteiger partial charge is 0.466 e. The number of rotatable bonds is 4. The van der Waals surface area contributed by atoms with Gasteiger partial charge in [0.15, 0.2) is 0 Å². The summed E-state index contributed by atoms with van der Waals surface area (Å²) in [7, 11) is 0. The van der Waals surface area contributed by atoms with Crippen LogP contribution >= 0.6 is 15.9 Å². The summed E-state index contributed by atoms with van der Waals surface area (Å²) in [4.78, 5) is 11.4.